The summed E-state index contributed by atoms with van der Waals surface area (Å²) in [7, 11) is 0. The lowest BCUT2D eigenvalue weighted by Crippen LogP contribution is -2.64. The number of hydrogen-bond acceptors (Lipinski definition) is 14. The van der Waals surface area contributed by atoms with Crippen LogP contribution in [0.15, 0.2) is 0 Å². The molecule has 3 fully saturated rings. The summed E-state index contributed by atoms with van der Waals surface area (Å²) < 4.78 is 26.5. The van der Waals surface area contributed by atoms with Gasteiger partial charge in [-0.25, -0.2) is 0 Å². The summed E-state index contributed by atoms with van der Waals surface area (Å²) in [6.07, 6.45) is -21.1. The molecule has 3 saturated heterocycles. The number of rotatable bonds is 5. The van der Waals surface area contributed by atoms with Crippen LogP contribution in [0.25, 0.3) is 0 Å². The van der Waals surface area contributed by atoms with Crippen LogP contribution in [0.5, 0.6) is 0 Å². The predicted octanol–water partition coefficient (Wildman–Crippen LogP) is -5.91. The number of aliphatic hydroxyl groups excluding tert-OH is 9. The van der Waals surface area contributed by atoms with Gasteiger partial charge >= 0.3 is 0 Å². The van der Waals surface area contributed by atoms with Crippen molar-refractivity contribution in [2.24, 2.45) is 0 Å². The monoisotopic (exact) mass is 458 g/mol. The molecule has 0 bridgehead atoms. The highest BCUT2D eigenvalue weighted by atomic mass is 16.7. The van der Waals surface area contributed by atoms with E-state index in [0.717, 1.165) is 0 Å². The fraction of sp³-hybridized carbons (Fsp3) is 1.00. The van der Waals surface area contributed by atoms with Gasteiger partial charge in [-0.2, -0.15) is 0 Å². The molecule has 14 nitrogen and oxygen atoms in total. The molecule has 0 amide bonds. The summed E-state index contributed by atoms with van der Waals surface area (Å²) in [5.74, 6) is 0. The third-order valence-electron chi connectivity index (χ3n) is 5.69. The average molecular weight is 458 g/mol. The van der Waals surface area contributed by atoms with Crippen LogP contribution >= 0.6 is 0 Å². The Hall–Kier alpha value is -0.560. The molecule has 0 unspecified atom stereocenters. The van der Waals surface area contributed by atoms with Gasteiger partial charge < -0.3 is 69.6 Å². The lowest BCUT2D eigenvalue weighted by Gasteiger charge is -2.45. The fourth-order valence-corrected chi connectivity index (χ4v) is 3.67. The van der Waals surface area contributed by atoms with E-state index in [1.807, 2.05) is 0 Å². The molecule has 0 aliphatic carbocycles. The van der Waals surface area contributed by atoms with Gasteiger partial charge in [0.15, 0.2) is 18.9 Å². The van der Waals surface area contributed by atoms with E-state index in [1.54, 1.807) is 0 Å². The van der Waals surface area contributed by atoms with Gasteiger partial charge in [-0.15, -0.1) is 0 Å². The van der Waals surface area contributed by atoms with Crippen LogP contribution in [0.3, 0.4) is 0 Å². The number of ether oxygens (including phenoxy) is 5. The largest absolute Gasteiger partial charge is 0.394 e. The van der Waals surface area contributed by atoms with Crippen LogP contribution in [0.2, 0.25) is 0 Å². The molecule has 3 heterocycles. The van der Waals surface area contributed by atoms with Crippen molar-refractivity contribution < 1.29 is 69.6 Å². The molecule has 0 aromatic rings. The topological polar surface area (TPSA) is 228 Å². The second kappa shape index (κ2) is 10.1. The molecular weight excluding hydrogens is 428 g/mol. The van der Waals surface area contributed by atoms with Gasteiger partial charge in [0, 0.05) is 0 Å². The molecule has 3 rings (SSSR count). The minimum atomic E-state index is -1.72. The summed E-state index contributed by atoms with van der Waals surface area (Å²) in [5.41, 5.74) is 0. The van der Waals surface area contributed by atoms with E-state index < -0.39 is 92.6 Å². The first-order chi connectivity index (χ1) is 14.6. The van der Waals surface area contributed by atoms with Gasteiger partial charge in [0.1, 0.15) is 61.0 Å². The van der Waals surface area contributed by atoms with Crippen molar-refractivity contribution in [1.82, 2.24) is 0 Å². The van der Waals surface area contributed by atoms with Gasteiger partial charge in [-0.05, 0) is 6.92 Å². The summed E-state index contributed by atoms with van der Waals surface area (Å²) in [6, 6.07) is 0. The molecular formula is C17H30O14. The second-order valence-corrected chi connectivity index (χ2v) is 7.87. The van der Waals surface area contributed by atoms with Gasteiger partial charge in [0.05, 0.1) is 19.3 Å². The third-order valence-corrected chi connectivity index (χ3v) is 5.69. The van der Waals surface area contributed by atoms with E-state index in [2.05, 4.69) is 0 Å². The highest BCUT2D eigenvalue weighted by Gasteiger charge is 2.50. The smallest absolute Gasteiger partial charge is 0.187 e. The van der Waals surface area contributed by atoms with E-state index >= 15 is 0 Å². The van der Waals surface area contributed by atoms with Crippen LogP contribution in [-0.4, -0.2) is 145 Å². The fourth-order valence-electron chi connectivity index (χ4n) is 3.67. The minimum absolute atomic E-state index is 0.386. The Morgan fingerprint density at radius 3 is 1.90 bits per heavy atom. The number of hydrogen-bond donors (Lipinski definition) is 9. The molecule has 0 saturated carbocycles. The molecule has 3 aliphatic heterocycles. The molecule has 14 atom stereocenters. The van der Waals surface area contributed by atoms with Crippen molar-refractivity contribution in [3.05, 3.63) is 0 Å². The van der Waals surface area contributed by atoms with Crippen LogP contribution in [0.1, 0.15) is 6.92 Å². The average Bonchev–Trinajstić information content (AvgIpc) is 2.75. The second-order valence-electron chi connectivity index (χ2n) is 7.87. The van der Waals surface area contributed by atoms with Crippen molar-refractivity contribution in [3.8, 4) is 0 Å². The summed E-state index contributed by atoms with van der Waals surface area (Å²) in [5, 5.41) is 89.4. The first kappa shape index (κ1) is 25.1. The Balaban J connectivity index is 1.66. The van der Waals surface area contributed by atoms with Crippen LogP contribution < -0.4 is 0 Å². The Bertz CT molecular complexity index is 579. The van der Waals surface area contributed by atoms with Crippen molar-refractivity contribution >= 4 is 0 Å². The highest BCUT2D eigenvalue weighted by molar-refractivity contribution is 4.93. The molecule has 182 valence electrons. The van der Waals surface area contributed by atoms with Crippen LogP contribution in [-0.2, 0) is 23.7 Å². The molecule has 0 spiro atoms. The first-order valence-electron chi connectivity index (χ1n) is 9.85. The summed E-state index contributed by atoms with van der Waals surface area (Å²) >= 11 is 0. The zero-order valence-electron chi connectivity index (χ0n) is 16.6. The van der Waals surface area contributed by atoms with E-state index in [9.17, 15) is 46.0 Å². The quantitative estimate of drug-likeness (QED) is 0.187. The molecule has 0 aromatic carbocycles. The molecule has 3 aliphatic rings. The third kappa shape index (κ3) is 5.02. The Kier molecular flexibility index (Phi) is 8.21. The van der Waals surface area contributed by atoms with E-state index in [4.69, 9.17) is 23.7 Å². The lowest BCUT2D eigenvalue weighted by molar-refractivity contribution is -0.368. The Morgan fingerprint density at radius 1 is 0.710 bits per heavy atom. The van der Waals surface area contributed by atoms with Crippen molar-refractivity contribution in [2.75, 3.05) is 13.2 Å². The Morgan fingerprint density at radius 2 is 1.29 bits per heavy atom. The summed E-state index contributed by atoms with van der Waals surface area (Å²) in [4.78, 5) is 0. The maximum absolute atomic E-state index is 10.6. The van der Waals surface area contributed by atoms with Crippen molar-refractivity contribution in [3.63, 3.8) is 0 Å². The van der Waals surface area contributed by atoms with Gasteiger partial charge in [-0.1, -0.05) is 0 Å². The minimum Gasteiger partial charge on any atom is -0.394 e. The molecule has 0 radical (unpaired) electrons. The van der Waals surface area contributed by atoms with E-state index in [1.165, 1.54) is 6.92 Å². The van der Waals surface area contributed by atoms with Gasteiger partial charge in [0.25, 0.3) is 0 Å². The van der Waals surface area contributed by atoms with E-state index in [0.29, 0.717) is 0 Å². The predicted molar refractivity (Wildman–Crippen MR) is 93.8 cm³/mol. The standard InChI is InChI=1S/C17H30O14/c1-4-7(19)10(22)12(24)16(28-4)31-14-9(21)6(3-27-15(14)26)30-17-13(25)11(23)8(20)5(2-18)29-17/h4-26H,2-3H2,1H3/t4-,5-,6+,7+,8-,9-,10+,11-,12-,13-,14+,15-,16+,17+/m1/s1. The van der Waals surface area contributed by atoms with Crippen molar-refractivity contribution in [1.29, 1.82) is 0 Å². The molecule has 9 N–H and O–H groups in total. The number of aliphatic hydroxyl groups is 9. The lowest BCUT2D eigenvalue weighted by atomic mass is 9.98. The molecule has 0 aromatic heterocycles. The normalized spacial score (nSPS) is 54.0. The van der Waals surface area contributed by atoms with Gasteiger partial charge in [-0.3, -0.25) is 0 Å². The molecule has 14 heteroatoms. The van der Waals surface area contributed by atoms with Gasteiger partial charge in [0.2, 0.25) is 0 Å². The zero-order chi connectivity index (χ0) is 23.0. The van der Waals surface area contributed by atoms with Crippen LogP contribution in [0, 0.1) is 0 Å². The SMILES string of the molecule is C[C@H]1O[C@@H](O[C@H]2[C@H](O)[C@@H](O[C@@H]3O[C@H](CO)[C@@H](O)[C@@H](O)[C@H]3O)CO[C@H]2O)[C@H](O)[C@@H](O)[C@H]1O. The Labute approximate surface area is 176 Å². The van der Waals surface area contributed by atoms with Crippen molar-refractivity contribution in [2.45, 2.75) is 92.9 Å². The van der Waals surface area contributed by atoms with E-state index in [-0.39, 0.29) is 6.61 Å². The maximum Gasteiger partial charge on any atom is 0.187 e. The molecule has 31 heavy (non-hydrogen) atoms. The van der Waals surface area contributed by atoms with Crippen LogP contribution in [0.4, 0.5) is 0 Å². The highest BCUT2D eigenvalue weighted by Crippen LogP contribution is 2.29. The first-order valence-corrected chi connectivity index (χ1v) is 9.85. The summed E-state index contributed by atoms with van der Waals surface area (Å²) in [6.45, 7) is 0.358. The zero-order valence-corrected chi connectivity index (χ0v) is 16.6. The maximum atomic E-state index is 10.6.